The Labute approximate surface area is 121 Å². The fourth-order valence-electron chi connectivity index (χ4n) is 1.64. The fraction of sp³-hybridized carbons (Fsp3) is 0.385. The van der Waals surface area contributed by atoms with Crippen LogP contribution in [0.3, 0.4) is 0 Å². The van der Waals surface area contributed by atoms with Gasteiger partial charge >= 0.3 is 12.1 Å². The number of amides is 1. The van der Waals surface area contributed by atoms with E-state index in [4.69, 9.17) is 4.74 Å². The zero-order valence-corrected chi connectivity index (χ0v) is 11.7. The number of alkyl carbamates (subject to hydrolysis) is 1. The Morgan fingerprint density at radius 2 is 1.95 bits per heavy atom. The zero-order chi connectivity index (χ0) is 15.8. The second-order valence-corrected chi connectivity index (χ2v) is 4.07. The molecule has 0 heterocycles. The maximum absolute atomic E-state index is 11.6. The number of methoxy groups -OCH3 is 1. The van der Waals surface area contributed by atoms with Gasteiger partial charge in [-0.2, -0.15) is 0 Å². The summed E-state index contributed by atoms with van der Waals surface area (Å²) in [7, 11) is 1.21. The molecule has 1 amide bonds. The van der Waals surface area contributed by atoms with Gasteiger partial charge in [0, 0.05) is 18.6 Å². The predicted octanol–water partition coefficient (Wildman–Crippen LogP) is 1.43. The van der Waals surface area contributed by atoms with Crippen LogP contribution < -0.4 is 5.32 Å². The molecular formula is C13H16N2O6. The van der Waals surface area contributed by atoms with Crippen molar-refractivity contribution >= 4 is 17.7 Å². The molecule has 0 aromatic heterocycles. The number of nitrogens with one attached hydrogen (secondary N) is 1. The van der Waals surface area contributed by atoms with E-state index in [-0.39, 0.29) is 18.7 Å². The van der Waals surface area contributed by atoms with Gasteiger partial charge in [-0.1, -0.05) is 12.1 Å². The largest absolute Gasteiger partial charge is 0.467 e. The van der Waals surface area contributed by atoms with Gasteiger partial charge in [-0.25, -0.2) is 9.59 Å². The molecular weight excluding hydrogens is 280 g/mol. The fourth-order valence-corrected chi connectivity index (χ4v) is 1.64. The van der Waals surface area contributed by atoms with Gasteiger partial charge in [0.2, 0.25) is 0 Å². The normalized spacial score (nSPS) is 11.3. The summed E-state index contributed by atoms with van der Waals surface area (Å²) in [6, 6.07) is 4.76. The molecule has 0 fully saturated rings. The monoisotopic (exact) mass is 296 g/mol. The molecule has 1 aromatic rings. The van der Waals surface area contributed by atoms with E-state index in [9.17, 15) is 19.7 Å². The number of rotatable bonds is 6. The number of nitrogens with zero attached hydrogens (tertiary/aromatic N) is 1. The van der Waals surface area contributed by atoms with Crippen molar-refractivity contribution in [1.29, 1.82) is 0 Å². The average Bonchev–Trinajstić information content (AvgIpc) is 2.46. The van der Waals surface area contributed by atoms with Crippen LogP contribution in [0.25, 0.3) is 0 Å². The predicted molar refractivity (Wildman–Crippen MR) is 72.8 cm³/mol. The van der Waals surface area contributed by atoms with Crippen molar-refractivity contribution in [2.75, 3.05) is 13.7 Å². The first-order chi connectivity index (χ1) is 9.97. The second kappa shape index (κ2) is 7.83. The lowest BCUT2D eigenvalue weighted by molar-refractivity contribution is -0.384. The first-order valence-corrected chi connectivity index (χ1v) is 6.22. The van der Waals surface area contributed by atoms with Crippen molar-refractivity contribution in [3.8, 4) is 0 Å². The minimum atomic E-state index is -0.921. The summed E-state index contributed by atoms with van der Waals surface area (Å²) < 4.78 is 9.32. The van der Waals surface area contributed by atoms with Crippen molar-refractivity contribution in [3.05, 3.63) is 39.9 Å². The highest BCUT2D eigenvalue weighted by atomic mass is 16.6. The third kappa shape index (κ3) is 5.09. The number of nitro benzene ring substituents is 1. The summed E-state index contributed by atoms with van der Waals surface area (Å²) in [5, 5.41) is 12.9. The summed E-state index contributed by atoms with van der Waals surface area (Å²) in [6.45, 7) is 1.82. The molecule has 8 heteroatoms. The van der Waals surface area contributed by atoms with Crippen LogP contribution in [-0.4, -0.2) is 36.7 Å². The number of esters is 1. The molecule has 0 saturated carbocycles. The van der Waals surface area contributed by atoms with E-state index >= 15 is 0 Å². The number of carbonyl (C=O) groups is 2. The van der Waals surface area contributed by atoms with Gasteiger partial charge in [0.15, 0.2) is 0 Å². The van der Waals surface area contributed by atoms with Crippen molar-refractivity contribution in [1.82, 2.24) is 5.32 Å². The van der Waals surface area contributed by atoms with Crippen LogP contribution in [0.15, 0.2) is 24.3 Å². The number of ether oxygens (including phenoxy) is 2. The lowest BCUT2D eigenvalue weighted by atomic mass is 10.1. The Kier molecular flexibility index (Phi) is 6.12. The number of non-ortho nitro benzene ring substituents is 1. The summed E-state index contributed by atoms with van der Waals surface area (Å²) in [4.78, 5) is 33.1. The van der Waals surface area contributed by atoms with Gasteiger partial charge in [0.25, 0.3) is 5.69 Å². The number of hydrogen-bond acceptors (Lipinski definition) is 6. The highest BCUT2D eigenvalue weighted by Crippen LogP contribution is 2.13. The molecule has 0 radical (unpaired) electrons. The lowest BCUT2D eigenvalue weighted by Crippen LogP contribution is -2.43. The van der Waals surface area contributed by atoms with Crippen molar-refractivity contribution in [2.45, 2.75) is 19.4 Å². The number of hydrogen-bond donors (Lipinski definition) is 1. The van der Waals surface area contributed by atoms with Crippen LogP contribution in [0.1, 0.15) is 12.5 Å². The summed E-state index contributed by atoms with van der Waals surface area (Å²) in [5.41, 5.74) is 0.597. The first-order valence-electron chi connectivity index (χ1n) is 6.22. The van der Waals surface area contributed by atoms with E-state index in [0.717, 1.165) is 0 Å². The van der Waals surface area contributed by atoms with Crippen molar-refractivity contribution < 1.29 is 24.0 Å². The van der Waals surface area contributed by atoms with Crippen LogP contribution in [0.4, 0.5) is 10.5 Å². The Balaban J connectivity index is 2.78. The first kappa shape index (κ1) is 16.4. The molecule has 114 valence electrons. The molecule has 0 unspecified atom stereocenters. The SMILES string of the molecule is CCOC(=O)N[C@H](Cc1ccc([N+](=O)[O-])cc1)C(=O)OC. The minimum Gasteiger partial charge on any atom is -0.467 e. The van der Waals surface area contributed by atoms with Gasteiger partial charge in [-0.3, -0.25) is 10.1 Å². The third-order valence-electron chi connectivity index (χ3n) is 2.64. The highest BCUT2D eigenvalue weighted by Gasteiger charge is 2.22. The van der Waals surface area contributed by atoms with Crippen LogP contribution in [-0.2, 0) is 20.7 Å². The summed E-state index contributed by atoms with van der Waals surface area (Å²) in [5.74, 6) is -0.624. The second-order valence-electron chi connectivity index (χ2n) is 4.07. The van der Waals surface area contributed by atoms with Crippen LogP contribution >= 0.6 is 0 Å². The van der Waals surface area contributed by atoms with Gasteiger partial charge in [0.1, 0.15) is 6.04 Å². The van der Waals surface area contributed by atoms with E-state index < -0.39 is 23.0 Å². The third-order valence-corrected chi connectivity index (χ3v) is 2.64. The van der Waals surface area contributed by atoms with Gasteiger partial charge in [0.05, 0.1) is 18.6 Å². The van der Waals surface area contributed by atoms with E-state index in [1.54, 1.807) is 6.92 Å². The van der Waals surface area contributed by atoms with E-state index in [1.807, 2.05) is 0 Å². The quantitative estimate of drug-likeness (QED) is 0.483. The van der Waals surface area contributed by atoms with Crippen LogP contribution in [0.5, 0.6) is 0 Å². The Hall–Kier alpha value is -2.64. The molecule has 1 atom stereocenters. The Morgan fingerprint density at radius 3 is 2.43 bits per heavy atom. The Bertz CT molecular complexity index is 514. The van der Waals surface area contributed by atoms with Crippen LogP contribution in [0, 0.1) is 10.1 Å². The molecule has 0 aliphatic heterocycles. The van der Waals surface area contributed by atoms with Gasteiger partial charge < -0.3 is 14.8 Å². The molecule has 1 aromatic carbocycles. The summed E-state index contributed by atoms with van der Waals surface area (Å²) >= 11 is 0. The lowest BCUT2D eigenvalue weighted by Gasteiger charge is -2.16. The topological polar surface area (TPSA) is 108 Å². The zero-order valence-electron chi connectivity index (χ0n) is 11.7. The highest BCUT2D eigenvalue weighted by molar-refractivity contribution is 5.81. The maximum atomic E-state index is 11.6. The van der Waals surface area contributed by atoms with E-state index in [1.165, 1.54) is 31.4 Å². The van der Waals surface area contributed by atoms with Crippen molar-refractivity contribution in [3.63, 3.8) is 0 Å². The summed E-state index contributed by atoms with van der Waals surface area (Å²) in [6.07, 6.45) is -0.585. The van der Waals surface area contributed by atoms with Gasteiger partial charge in [-0.05, 0) is 12.5 Å². The smallest absolute Gasteiger partial charge is 0.407 e. The van der Waals surface area contributed by atoms with Crippen molar-refractivity contribution in [2.24, 2.45) is 0 Å². The minimum absolute atomic E-state index is 0.0493. The molecule has 1 N–H and O–H groups in total. The van der Waals surface area contributed by atoms with E-state index in [2.05, 4.69) is 10.1 Å². The molecule has 0 spiro atoms. The average molecular weight is 296 g/mol. The molecule has 0 saturated heterocycles. The molecule has 0 aliphatic carbocycles. The molecule has 0 bridgehead atoms. The molecule has 8 nitrogen and oxygen atoms in total. The molecule has 0 aliphatic rings. The van der Waals surface area contributed by atoms with Gasteiger partial charge in [-0.15, -0.1) is 0 Å². The Morgan fingerprint density at radius 1 is 1.33 bits per heavy atom. The number of benzene rings is 1. The molecule has 1 rings (SSSR count). The van der Waals surface area contributed by atoms with E-state index in [0.29, 0.717) is 5.56 Å². The standard InChI is InChI=1S/C13H16N2O6/c1-3-21-13(17)14-11(12(16)20-2)8-9-4-6-10(7-5-9)15(18)19/h4-7,11H,3,8H2,1-2H3,(H,14,17)/t11-/m1/s1. The number of nitro groups is 1. The molecule has 21 heavy (non-hydrogen) atoms. The number of carbonyl (C=O) groups excluding carboxylic acids is 2. The van der Waals surface area contributed by atoms with Crippen LogP contribution in [0.2, 0.25) is 0 Å². The maximum Gasteiger partial charge on any atom is 0.407 e.